The van der Waals surface area contributed by atoms with Crippen molar-refractivity contribution >= 4 is 11.8 Å². The van der Waals surface area contributed by atoms with Crippen LogP contribution in [0.4, 0.5) is 4.39 Å². The van der Waals surface area contributed by atoms with Gasteiger partial charge in [0.2, 0.25) is 0 Å². The van der Waals surface area contributed by atoms with E-state index in [4.69, 9.17) is 5.73 Å². The molecule has 21 heavy (non-hydrogen) atoms. The van der Waals surface area contributed by atoms with Crippen LogP contribution < -0.4 is 5.73 Å². The van der Waals surface area contributed by atoms with Gasteiger partial charge in [-0.05, 0) is 37.1 Å². The zero-order chi connectivity index (χ0) is 15.4. The first-order valence-corrected chi connectivity index (χ1v) is 8.20. The highest BCUT2D eigenvalue weighted by Gasteiger charge is 2.15. The van der Waals surface area contributed by atoms with Gasteiger partial charge in [0, 0.05) is 17.0 Å². The van der Waals surface area contributed by atoms with Gasteiger partial charge in [0.15, 0.2) is 0 Å². The topological polar surface area (TPSA) is 26.0 Å². The zero-order valence-corrected chi connectivity index (χ0v) is 13.6. The third-order valence-corrected chi connectivity index (χ3v) is 4.87. The molecule has 0 fully saturated rings. The maximum atomic E-state index is 13.0. The van der Waals surface area contributed by atoms with Crippen LogP contribution in [0.25, 0.3) is 0 Å². The standard InChI is InChI=1S/C18H22FNS/c1-12-8-13(2)10-15(9-12)11-21-14(3)18(20)16-4-6-17(19)7-5-16/h4-10,14,18H,11,20H2,1-3H3. The Hall–Kier alpha value is -1.32. The van der Waals surface area contributed by atoms with E-state index in [0.717, 1.165) is 11.3 Å². The van der Waals surface area contributed by atoms with Crippen LogP contribution in [0.3, 0.4) is 0 Å². The van der Waals surface area contributed by atoms with Gasteiger partial charge in [-0.3, -0.25) is 0 Å². The Morgan fingerprint density at radius 3 is 2.19 bits per heavy atom. The number of aryl methyl sites for hydroxylation is 2. The molecule has 1 nitrogen and oxygen atoms in total. The maximum Gasteiger partial charge on any atom is 0.123 e. The average molecular weight is 303 g/mol. The lowest BCUT2D eigenvalue weighted by Crippen LogP contribution is -2.21. The fourth-order valence-electron chi connectivity index (χ4n) is 2.44. The molecular formula is C18H22FNS. The Balaban J connectivity index is 1.97. The van der Waals surface area contributed by atoms with Crippen LogP contribution in [0.2, 0.25) is 0 Å². The van der Waals surface area contributed by atoms with Crippen molar-refractivity contribution < 1.29 is 4.39 Å². The molecule has 2 aromatic rings. The van der Waals surface area contributed by atoms with Gasteiger partial charge >= 0.3 is 0 Å². The highest BCUT2D eigenvalue weighted by atomic mass is 32.2. The molecule has 0 aliphatic carbocycles. The molecule has 112 valence electrons. The number of halogens is 1. The predicted molar refractivity (Wildman–Crippen MR) is 90.0 cm³/mol. The molecule has 0 radical (unpaired) electrons. The second kappa shape index (κ2) is 7.10. The van der Waals surface area contributed by atoms with Gasteiger partial charge in [-0.2, -0.15) is 11.8 Å². The summed E-state index contributed by atoms with van der Waals surface area (Å²) >= 11 is 1.84. The minimum atomic E-state index is -0.221. The monoisotopic (exact) mass is 303 g/mol. The first-order chi connectivity index (χ1) is 9.95. The van der Waals surface area contributed by atoms with Gasteiger partial charge in [-0.25, -0.2) is 4.39 Å². The van der Waals surface area contributed by atoms with E-state index in [-0.39, 0.29) is 17.1 Å². The minimum Gasteiger partial charge on any atom is -0.323 e. The van der Waals surface area contributed by atoms with Crippen molar-refractivity contribution in [2.45, 2.75) is 37.8 Å². The van der Waals surface area contributed by atoms with E-state index in [1.165, 1.54) is 28.8 Å². The molecule has 0 aromatic heterocycles. The third-order valence-electron chi connectivity index (χ3n) is 3.55. The summed E-state index contributed by atoms with van der Waals surface area (Å²) in [5.41, 5.74) is 11.2. The lowest BCUT2D eigenvalue weighted by molar-refractivity contribution is 0.624. The van der Waals surface area contributed by atoms with E-state index in [2.05, 4.69) is 39.0 Å². The summed E-state index contributed by atoms with van der Waals surface area (Å²) in [5.74, 6) is 0.722. The first kappa shape index (κ1) is 16.1. The van der Waals surface area contributed by atoms with Crippen LogP contribution in [0.1, 0.15) is 35.2 Å². The number of benzene rings is 2. The summed E-state index contributed by atoms with van der Waals surface area (Å²) in [6, 6.07) is 13.0. The van der Waals surface area contributed by atoms with Crippen LogP contribution in [0.5, 0.6) is 0 Å². The summed E-state index contributed by atoms with van der Waals surface area (Å²) in [7, 11) is 0. The molecule has 2 N–H and O–H groups in total. The van der Waals surface area contributed by atoms with E-state index in [1.807, 2.05) is 11.8 Å². The van der Waals surface area contributed by atoms with Gasteiger partial charge in [-0.15, -0.1) is 0 Å². The SMILES string of the molecule is Cc1cc(C)cc(CSC(C)C(N)c2ccc(F)cc2)c1. The van der Waals surface area contributed by atoms with E-state index < -0.39 is 0 Å². The van der Waals surface area contributed by atoms with Crippen LogP contribution in [0, 0.1) is 19.7 Å². The Labute approximate surface area is 130 Å². The van der Waals surface area contributed by atoms with Gasteiger partial charge in [0.1, 0.15) is 5.82 Å². The molecule has 0 saturated heterocycles. The largest absolute Gasteiger partial charge is 0.323 e. The molecule has 0 saturated carbocycles. The first-order valence-electron chi connectivity index (χ1n) is 7.15. The van der Waals surface area contributed by atoms with Crippen molar-refractivity contribution in [3.05, 3.63) is 70.5 Å². The van der Waals surface area contributed by atoms with Crippen molar-refractivity contribution in [2.24, 2.45) is 5.73 Å². The molecule has 0 amide bonds. The molecule has 2 atom stereocenters. The molecule has 0 bridgehead atoms. The molecule has 3 heteroatoms. The van der Waals surface area contributed by atoms with Crippen LogP contribution in [-0.4, -0.2) is 5.25 Å². The zero-order valence-electron chi connectivity index (χ0n) is 12.8. The minimum absolute atomic E-state index is 0.0819. The van der Waals surface area contributed by atoms with Crippen LogP contribution in [-0.2, 0) is 5.75 Å². The Kier molecular flexibility index (Phi) is 5.43. The quantitative estimate of drug-likeness (QED) is 0.861. The lowest BCUT2D eigenvalue weighted by Gasteiger charge is -2.20. The molecule has 0 aliphatic heterocycles. The normalized spacial score (nSPS) is 14.0. The summed E-state index contributed by atoms with van der Waals surface area (Å²) < 4.78 is 13.0. The Morgan fingerprint density at radius 1 is 1.05 bits per heavy atom. The van der Waals surface area contributed by atoms with E-state index in [0.29, 0.717) is 0 Å². The number of hydrogen-bond donors (Lipinski definition) is 1. The van der Waals surface area contributed by atoms with Crippen molar-refractivity contribution in [1.82, 2.24) is 0 Å². The summed E-state index contributed by atoms with van der Waals surface area (Å²) in [5, 5.41) is 0.274. The van der Waals surface area contributed by atoms with Gasteiger partial charge in [-0.1, -0.05) is 48.4 Å². The average Bonchev–Trinajstić information content (AvgIpc) is 2.44. The lowest BCUT2D eigenvalue weighted by atomic mass is 10.1. The molecule has 0 aliphatic rings. The fraction of sp³-hybridized carbons (Fsp3) is 0.333. The molecule has 2 unspecified atom stereocenters. The molecule has 0 heterocycles. The molecular weight excluding hydrogens is 281 g/mol. The second-order valence-electron chi connectivity index (χ2n) is 5.59. The summed E-state index contributed by atoms with van der Waals surface area (Å²) in [6.07, 6.45) is 0. The molecule has 2 aromatic carbocycles. The second-order valence-corrected chi connectivity index (χ2v) is 6.95. The Bertz CT molecular complexity index is 574. The summed E-state index contributed by atoms with van der Waals surface area (Å²) in [4.78, 5) is 0. The number of hydrogen-bond acceptors (Lipinski definition) is 2. The van der Waals surface area contributed by atoms with E-state index in [1.54, 1.807) is 12.1 Å². The highest BCUT2D eigenvalue weighted by molar-refractivity contribution is 7.99. The Morgan fingerprint density at radius 2 is 1.62 bits per heavy atom. The van der Waals surface area contributed by atoms with Crippen LogP contribution >= 0.6 is 11.8 Å². The third kappa shape index (κ3) is 4.58. The van der Waals surface area contributed by atoms with Gasteiger partial charge in [0.05, 0.1) is 0 Å². The smallest absolute Gasteiger partial charge is 0.123 e. The van der Waals surface area contributed by atoms with Crippen LogP contribution in [0.15, 0.2) is 42.5 Å². The van der Waals surface area contributed by atoms with E-state index in [9.17, 15) is 4.39 Å². The molecule has 0 spiro atoms. The predicted octanol–water partition coefficient (Wildman–Crippen LogP) is 4.76. The van der Waals surface area contributed by atoms with Crippen molar-refractivity contribution in [3.8, 4) is 0 Å². The summed E-state index contributed by atoms with van der Waals surface area (Å²) in [6.45, 7) is 6.37. The number of nitrogens with two attached hydrogens (primary N) is 1. The van der Waals surface area contributed by atoms with Crippen molar-refractivity contribution in [3.63, 3.8) is 0 Å². The van der Waals surface area contributed by atoms with Crippen molar-refractivity contribution in [1.29, 1.82) is 0 Å². The fourth-order valence-corrected chi connectivity index (χ4v) is 3.43. The maximum absolute atomic E-state index is 13.0. The molecule has 2 rings (SSSR count). The van der Waals surface area contributed by atoms with Gasteiger partial charge in [0.25, 0.3) is 0 Å². The van der Waals surface area contributed by atoms with Gasteiger partial charge < -0.3 is 5.73 Å². The van der Waals surface area contributed by atoms with Crippen molar-refractivity contribution in [2.75, 3.05) is 0 Å². The highest BCUT2D eigenvalue weighted by Crippen LogP contribution is 2.27. The number of rotatable bonds is 5. The van der Waals surface area contributed by atoms with E-state index >= 15 is 0 Å². The number of thioether (sulfide) groups is 1.